The minimum Gasteiger partial charge on any atom is -0.510 e. The maximum absolute atomic E-state index is 13.3. The highest BCUT2D eigenvalue weighted by Crippen LogP contribution is 2.30. The zero-order valence-corrected chi connectivity index (χ0v) is 31.3. The topological polar surface area (TPSA) is 173 Å². The summed E-state index contributed by atoms with van der Waals surface area (Å²) in [5.41, 5.74) is 4.12. The minimum absolute atomic E-state index is 0.0904. The number of benzene rings is 3. The molecule has 53 heavy (non-hydrogen) atoms. The van der Waals surface area contributed by atoms with Gasteiger partial charge in [0.05, 0.1) is 12.1 Å². The largest absolute Gasteiger partial charge is 0.510 e. The number of aliphatic hydroxyl groups is 1. The molecule has 4 rings (SSSR count). The minimum atomic E-state index is -0.700. The molecule has 0 bridgehead atoms. The van der Waals surface area contributed by atoms with Crippen LogP contribution in [-0.2, 0) is 16.0 Å². The fraction of sp³-hybridized carbons (Fsp3) is 0.375. The van der Waals surface area contributed by atoms with Crippen molar-refractivity contribution in [2.24, 2.45) is 10.2 Å². The van der Waals surface area contributed by atoms with E-state index in [9.17, 15) is 29.1 Å². The van der Waals surface area contributed by atoms with Gasteiger partial charge in [0.1, 0.15) is 5.76 Å². The van der Waals surface area contributed by atoms with Crippen molar-refractivity contribution >= 4 is 52.0 Å². The van der Waals surface area contributed by atoms with Crippen molar-refractivity contribution in [2.75, 3.05) is 57.2 Å². The van der Waals surface area contributed by atoms with Crippen LogP contribution < -0.4 is 16.0 Å². The Morgan fingerprint density at radius 1 is 0.774 bits per heavy atom. The maximum atomic E-state index is 13.3. The lowest BCUT2D eigenvalue weighted by molar-refractivity contribution is -0.115. The van der Waals surface area contributed by atoms with Crippen molar-refractivity contribution in [3.05, 3.63) is 93.9 Å². The van der Waals surface area contributed by atoms with Gasteiger partial charge in [-0.2, -0.15) is 5.11 Å². The lowest BCUT2D eigenvalue weighted by Crippen LogP contribution is -2.15. The average molecular weight is 724 g/mol. The van der Waals surface area contributed by atoms with Crippen LogP contribution in [0.3, 0.4) is 0 Å². The number of rotatable bonds is 18. The third-order valence-electron chi connectivity index (χ3n) is 8.65. The Morgan fingerprint density at radius 3 is 1.89 bits per heavy atom. The second kappa shape index (κ2) is 18.8. The molecule has 0 radical (unpaired) electrons. The van der Waals surface area contributed by atoms with Crippen LogP contribution in [0.5, 0.6) is 0 Å². The van der Waals surface area contributed by atoms with Gasteiger partial charge in [-0.05, 0) is 147 Å². The Bertz CT molecular complexity index is 1860. The van der Waals surface area contributed by atoms with E-state index in [2.05, 4.69) is 36.0 Å². The average Bonchev–Trinajstić information content (AvgIpc) is 3.48. The molecule has 13 heteroatoms. The lowest BCUT2D eigenvalue weighted by atomic mass is 9.98. The number of aryl methyl sites for hydroxylation is 1. The van der Waals surface area contributed by atoms with Crippen molar-refractivity contribution < 1.29 is 29.1 Å². The highest BCUT2D eigenvalue weighted by molar-refractivity contribution is 6.08. The van der Waals surface area contributed by atoms with Gasteiger partial charge in [0.2, 0.25) is 5.91 Å². The molecule has 0 aliphatic carbocycles. The van der Waals surface area contributed by atoms with E-state index < -0.39 is 11.8 Å². The molecule has 0 aromatic heterocycles. The second-order valence-corrected chi connectivity index (χ2v) is 13.8. The van der Waals surface area contributed by atoms with Gasteiger partial charge in [-0.3, -0.25) is 24.0 Å². The Kier molecular flexibility index (Phi) is 14.3. The monoisotopic (exact) mass is 723 g/mol. The maximum Gasteiger partial charge on any atom is 0.279 e. The SMILES string of the molecule is C/C(O)=C(\N=Nc1ccc(C(=O)Nc2cc(C(=O)CCCCN(C)C)cc(C(=O)CCCCN(C)C)c2)cc1)C(=O)Nc1cc(C)c2c(c1)NC(=O)C2. The number of hydrogen-bond acceptors (Lipinski definition) is 10. The molecular weight excluding hydrogens is 674 g/mol. The fourth-order valence-electron chi connectivity index (χ4n) is 5.79. The van der Waals surface area contributed by atoms with Gasteiger partial charge in [-0.1, -0.05) is 0 Å². The number of ketones is 2. The number of nitrogens with one attached hydrogen (secondary N) is 3. The molecule has 3 aromatic carbocycles. The van der Waals surface area contributed by atoms with E-state index in [0.717, 1.165) is 37.1 Å². The van der Waals surface area contributed by atoms with Crippen LogP contribution in [0.15, 0.2) is 76.3 Å². The standard InChI is InChI=1S/C40H49N7O6/c1-25-19-31(23-34-33(25)24-37(51)43-34)42-40(53)38(26(2)48)45-44-30-15-13-27(14-16-30)39(52)41-32-21-28(35(49)11-7-9-17-46(3)4)20-29(22-32)36(50)12-8-10-18-47(5)6/h13-16,19-23,48H,7-12,17-18,24H2,1-6H3,(H,41,52)(H,42,53)(H,43,51)/b38-26+,45-44?. The van der Waals surface area contributed by atoms with Gasteiger partial charge < -0.3 is 30.9 Å². The van der Waals surface area contributed by atoms with Crippen molar-refractivity contribution in [1.29, 1.82) is 0 Å². The number of unbranched alkanes of at least 4 members (excludes halogenated alkanes) is 2. The van der Waals surface area contributed by atoms with Crippen LogP contribution in [0, 0.1) is 6.92 Å². The lowest BCUT2D eigenvalue weighted by Gasteiger charge is -2.12. The molecule has 0 saturated carbocycles. The summed E-state index contributed by atoms with van der Waals surface area (Å²) in [4.78, 5) is 68.6. The first kappa shape index (κ1) is 40.2. The van der Waals surface area contributed by atoms with E-state index in [4.69, 9.17) is 0 Å². The third kappa shape index (κ3) is 12.0. The Balaban J connectivity index is 1.44. The van der Waals surface area contributed by atoms with E-state index in [0.29, 0.717) is 59.6 Å². The summed E-state index contributed by atoms with van der Waals surface area (Å²) in [6, 6.07) is 14.3. The molecule has 0 saturated heterocycles. The normalized spacial score (nSPS) is 12.9. The molecule has 1 aliphatic heterocycles. The quantitative estimate of drug-likeness (QED) is 0.0354. The molecule has 1 aliphatic rings. The molecule has 0 fully saturated rings. The molecule has 1 heterocycles. The number of aliphatic hydroxyl groups excluding tert-OH is 1. The van der Waals surface area contributed by atoms with Gasteiger partial charge >= 0.3 is 0 Å². The second-order valence-electron chi connectivity index (χ2n) is 13.8. The zero-order chi connectivity index (χ0) is 38.7. The van der Waals surface area contributed by atoms with E-state index in [1.165, 1.54) is 31.2 Å². The summed E-state index contributed by atoms with van der Waals surface area (Å²) in [6.45, 7) is 4.89. The molecule has 280 valence electrons. The first-order valence-electron chi connectivity index (χ1n) is 17.7. The number of Topliss-reactive ketones (excluding diaryl/α,β-unsaturated/α-hetero) is 2. The van der Waals surface area contributed by atoms with Crippen molar-refractivity contribution in [1.82, 2.24) is 9.80 Å². The summed E-state index contributed by atoms with van der Waals surface area (Å²) >= 11 is 0. The summed E-state index contributed by atoms with van der Waals surface area (Å²) in [6.07, 6.45) is 4.09. The number of allylic oxidation sites excluding steroid dienone is 1. The zero-order valence-electron chi connectivity index (χ0n) is 31.3. The summed E-state index contributed by atoms with van der Waals surface area (Å²) < 4.78 is 0. The molecule has 0 atom stereocenters. The summed E-state index contributed by atoms with van der Waals surface area (Å²) in [5.74, 6) is -1.82. The number of azo groups is 1. The van der Waals surface area contributed by atoms with Crippen LogP contribution in [0.2, 0.25) is 0 Å². The van der Waals surface area contributed by atoms with Crippen LogP contribution in [0.4, 0.5) is 22.7 Å². The van der Waals surface area contributed by atoms with Gasteiger partial charge in [0.15, 0.2) is 17.3 Å². The van der Waals surface area contributed by atoms with Crippen LogP contribution in [0.1, 0.15) is 87.6 Å². The number of nitrogens with zero attached hydrogens (tertiary/aromatic N) is 4. The molecule has 0 unspecified atom stereocenters. The molecule has 3 amide bonds. The third-order valence-corrected chi connectivity index (χ3v) is 8.65. The van der Waals surface area contributed by atoms with E-state index in [1.807, 2.05) is 35.1 Å². The predicted octanol–water partition coefficient (Wildman–Crippen LogP) is 7.08. The smallest absolute Gasteiger partial charge is 0.279 e. The van der Waals surface area contributed by atoms with Crippen molar-refractivity contribution in [3.63, 3.8) is 0 Å². The van der Waals surface area contributed by atoms with Crippen LogP contribution in [-0.4, -0.2) is 85.5 Å². The number of amides is 3. The first-order valence-corrected chi connectivity index (χ1v) is 17.7. The Hall–Kier alpha value is -5.53. The van der Waals surface area contributed by atoms with Crippen molar-refractivity contribution in [2.45, 2.75) is 58.8 Å². The molecule has 0 spiro atoms. The van der Waals surface area contributed by atoms with E-state index in [-0.39, 0.29) is 40.9 Å². The number of carbonyl (C=O) groups excluding carboxylic acids is 5. The highest BCUT2D eigenvalue weighted by atomic mass is 16.3. The van der Waals surface area contributed by atoms with Crippen LogP contribution >= 0.6 is 0 Å². The molecule has 13 nitrogen and oxygen atoms in total. The number of fused-ring (bicyclic) bond motifs is 1. The van der Waals surface area contributed by atoms with Gasteiger partial charge in [-0.25, -0.2) is 0 Å². The fourth-order valence-corrected chi connectivity index (χ4v) is 5.79. The molecule has 4 N–H and O–H groups in total. The Morgan fingerprint density at radius 2 is 1.34 bits per heavy atom. The number of carbonyl (C=O) groups is 5. The van der Waals surface area contributed by atoms with Crippen LogP contribution in [0.25, 0.3) is 0 Å². The van der Waals surface area contributed by atoms with Gasteiger partial charge in [0, 0.05) is 46.6 Å². The van der Waals surface area contributed by atoms with E-state index in [1.54, 1.807) is 30.3 Å². The molecular formula is C40H49N7O6. The summed E-state index contributed by atoms with van der Waals surface area (Å²) in [7, 11) is 7.93. The summed E-state index contributed by atoms with van der Waals surface area (Å²) in [5, 5.41) is 26.5. The number of hydrogen-bond donors (Lipinski definition) is 4. The van der Waals surface area contributed by atoms with Gasteiger partial charge in [0.25, 0.3) is 11.8 Å². The van der Waals surface area contributed by atoms with E-state index >= 15 is 0 Å². The van der Waals surface area contributed by atoms with Crippen molar-refractivity contribution in [3.8, 4) is 0 Å². The Labute approximate surface area is 310 Å². The first-order chi connectivity index (χ1) is 25.2. The van der Waals surface area contributed by atoms with Gasteiger partial charge in [-0.15, -0.1) is 5.11 Å². The molecule has 3 aromatic rings. The predicted molar refractivity (Wildman–Crippen MR) is 206 cm³/mol. The number of anilines is 3. The highest BCUT2D eigenvalue weighted by Gasteiger charge is 2.22.